The fourth-order valence-corrected chi connectivity index (χ4v) is 3.75. The largest absolute Gasteiger partial charge is 0.278 e. The van der Waals surface area contributed by atoms with Crippen LogP contribution in [-0.4, -0.2) is 8.42 Å². The van der Waals surface area contributed by atoms with Gasteiger partial charge in [0.25, 0.3) is 10.0 Å². The summed E-state index contributed by atoms with van der Waals surface area (Å²) in [7, 11) is -3.78. The van der Waals surface area contributed by atoms with Gasteiger partial charge in [-0.15, -0.1) is 0 Å². The minimum Gasteiger partial charge on any atom is -0.278 e. The summed E-state index contributed by atoms with van der Waals surface area (Å²) in [4.78, 5) is 0.0463. The highest BCUT2D eigenvalue weighted by Crippen LogP contribution is 2.29. The third kappa shape index (κ3) is 3.52. The minimum absolute atomic E-state index is 0.0463. The van der Waals surface area contributed by atoms with Gasteiger partial charge in [-0.3, -0.25) is 4.72 Å². The van der Waals surface area contributed by atoms with Crippen LogP contribution in [0, 0.1) is 5.82 Å². The van der Waals surface area contributed by atoms with E-state index >= 15 is 0 Å². The van der Waals surface area contributed by atoms with Crippen molar-refractivity contribution in [3.63, 3.8) is 0 Å². The molecule has 0 amide bonds. The second-order valence-corrected chi connectivity index (χ2v) is 7.60. The molecule has 0 unspecified atom stereocenters. The van der Waals surface area contributed by atoms with Crippen LogP contribution < -0.4 is 4.72 Å². The fraction of sp³-hybridized carbons (Fsp3) is 0. The maximum atomic E-state index is 13.0. The third-order valence-corrected chi connectivity index (χ3v) is 5.61. The van der Waals surface area contributed by atoms with Crippen LogP contribution in [0.4, 0.5) is 10.1 Å². The lowest BCUT2D eigenvalue weighted by Gasteiger charge is -2.10. The molecule has 0 aliphatic rings. The van der Waals surface area contributed by atoms with E-state index < -0.39 is 15.8 Å². The van der Waals surface area contributed by atoms with Gasteiger partial charge in [0.2, 0.25) is 0 Å². The first-order valence-corrected chi connectivity index (χ1v) is 8.67. The summed E-state index contributed by atoms with van der Waals surface area (Å²) in [6.45, 7) is 0. The summed E-state index contributed by atoms with van der Waals surface area (Å²) in [5.41, 5.74) is 0.248. The zero-order valence-corrected chi connectivity index (χ0v) is 14.4. The molecule has 0 spiro atoms. The summed E-state index contributed by atoms with van der Waals surface area (Å²) in [5, 5.41) is 0.409. The van der Waals surface area contributed by atoms with Gasteiger partial charge < -0.3 is 0 Å². The maximum absolute atomic E-state index is 13.0. The summed E-state index contributed by atoms with van der Waals surface area (Å²) in [5.74, 6) is -0.464. The van der Waals surface area contributed by atoms with Gasteiger partial charge in [0.15, 0.2) is 0 Å². The quantitative estimate of drug-likeness (QED) is 0.741. The number of nitrogens with one attached hydrogen (secondary N) is 1. The number of rotatable bonds is 3. The average molecular weight is 444 g/mol. The lowest BCUT2D eigenvalue weighted by Crippen LogP contribution is -2.13. The number of hydrogen-bond donors (Lipinski definition) is 1. The third-order valence-electron chi connectivity index (χ3n) is 2.38. The van der Waals surface area contributed by atoms with Gasteiger partial charge >= 0.3 is 0 Å². The van der Waals surface area contributed by atoms with E-state index in [2.05, 4.69) is 36.6 Å². The molecule has 2 aromatic rings. The van der Waals surface area contributed by atoms with E-state index in [0.29, 0.717) is 14.0 Å². The molecule has 0 radical (unpaired) electrons. The number of anilines is 1. The molecule has 0 aliphatic heterocycles. The van der Waals surface area contributed by atoms with Crippen molar-refractivity contribution >= 4 is 59.2 Å². The number of halogens is 4. The molecule has 0 fully saturated rings. The van der Waals surface area contributed by atoms with Crippen LogP contribution in [0.3, 0.4) is 0 Å². The predicted octanol–water partition coefficient (Wildman–Crippen LogP) is 4.80. The average Bonchev–Trinajstić information content (AvgIpc) is 2.36. The van der Waals surface area contributed by atoms with Gasteiger partial charge in [-0.05, 0) is 68.3 Å². The second-order valence-electron chi connectivity index (χ2n) is 3.81. The fourth-order valence-electron chi connectivity index (χ4n) is 1.42. The van der Waals surface area contributed by atoms with Crippen LogP contribution >= 0.6 is 43.5 Å². The first kappa shape index (κ1) is 15.8. The normalized spacial score (nSPS) is 11.4. The van der Waals surface area contributed by atoms with Gasteiger partial charge in [-0.2, -0.15) is 0 Å². The molecule has 0 atom stereocenters. The first-order chi connectivity index (χ1) is 9.29. The molecule has 0 heterocycles. The molecular weight excluding hydrogens is 436 g/mol. The number of benzene rings is 2. The highest BCUT2D eigenvalue weighted by atomic mass is 79.9. The van der Waals surface area contributed by atoms with Gasteiger partial charge in [-0.1, -0.05) is 11.6 Å². The summed E-state index contributed by atoms with van der Waals surface area (Å²) in [6, 6.07) is 7.92. The van der Waals surface area contributed by atoms with Crippen molar-refractivity contribution in [2.24, 2.45) is 0 Å². The molecule has 3 nitrogen and oxygen atoms in total. The Kier molecular flexibility index (Phi) is 4.73. The Hall–Kier alpha value is -0.630. The van der Waals surface area contributed by atoms with E-state index in [1.165, 1.54) is 36.4 Å². The molecule has 0 bridgehead atoms. The van der Waals surface area contributed by atoms with Crippen molar-refractivity contribution < 1.29 is 12.8 Å². The molecule has 0 saturated heterocycles. The maximum Gasteiger partial charge on any atom is 0.261 e. The topological polar surface area (TPSA) is 46.2 Å². The van der Waals surface area contributed by atoms with E-state index in [9.17, 15) is 12.8 Å². The van der Waals surface area contributed by atoms with Crippen LogP contribution in [0.25, 0.3) is 0 Å². The van der Waals surface area contributed by atoms with E-state index in [1.807, 2.05) is 0 Å². The molecule has 0 saturated carbocycles. The Morgan fingerprint density at radius 2 is 1.75 bits per heavy atom. The monoisotopic (exact) mass is 441 g/mol. The Balaban J connectivity index is 2.38. The smallest absolute Gasteiger partial charge is 0.261 e. The molecule has 20 heavy (non-hydrogen) atoms. The van der Waals surface area contributed by atoms with Crippen LogP contribution in [0.1, 0.15) is 0 Å². The molecule has 1 N–H and O–H groups in total. The molecular formula is C12H7Br2ClFNO2S. The SMILES string of the molecule is O=S(=O)(Nc1ccc(F)cc1Br)c1ccc(Cl)c(Br)c1. The summed E-state index contributed by atoms with van der Waals surface area (Å²) >= 11 is 12.1. The van der Waals surface area contributed by atoms with Crippen molar-refractivity contribution in [3.05, 3.63) is 56.2 Å². The molecule has 106 valence electrons. The van der Waals surface area contributed by atoms with Gasteiger partial charge in [0.05, 0.1) is 15.6 Å². The van der Waals surface area contributed by atoms with Crippen molar-refractivity contribution in [2.45, 2.75) is 4.90 Å². The Labute approximate surface area is 137 Å². The molecule has 2 aromatic carbocycles. The van der Waals surface area contributed by atoms with Crippen LogP contribution in [-0.2, 0) is 10.0 Å². The molecule has 0 aromatic heterocycles. The second kappa shape index (κ2) is 6.01. The lowest BCUT2D eigenvalue weighted by atomic mass is 10.3. The number of hydrogen-bond acceptors (Lipinski definition) is 2. The van der Waals surface area contributed by atoms with Crippen LogP contribution in [0.15, 0.2) is 50.2 Å². The van der Waals surface area contributed by atoms with Crippen molar-refractivity contribution in [3.8, 4) is 0 Å². The Morgan fingerprint density at radius 1 is 1.05 bits per heavy atom. The zero-order chi connectivity index (χ0) is 14.9. The lowest BCUT2D eigenvalue weighted by molar-refractivity contribution is 0.601. The number of sulfonamides is 1. The van der Waals surface area contributed by atoms with Crippen molar-refractivity contribution in [2.75, 3.05) is 4.72 Å². The Bertz CT molecular complexity index is 768. The molecule has 8 heteroatoms. The molecule has 2 rings (SSSR count). The van der Waals surface area contributed by atoms with E-state index in [1.54, 1.807) is 0 Å². The van der Waals surface area contributed by atoms with Crippen molar-refractivity contribution in [1.29, 1.82) is 0 Å². The van der Waals surface area contributed by atoms with Gasteiger partial charge in [-0.25, -0.2) is 12.8 Å². The van der Waals surface area contributed by atoms with E-state index in [4.69, 9.17) is 11.6 Å². The predicted molar refractivity (Wildman–Crippen MR) is 84.1 cm³/mol. The Morgan fingerprint density at radius 3 is 2.35 bits per heavy atom. The van der Waals surface area contributed by atoms with Gasteiger partial charge in [0, 0.05) is 8.95 Å². The highest BCUT2D eigenvalue weighted by Gasteiger charge is 2.17. The summed E-state index contributed by atoms with van der Waals surface area (Å²) in [6.07, 6.45) is 0. The molecule has 0 aliphatic carbocycles. The standard InChI is InChI=1S/C12H7Br2ClFNO2S/c13-9-6-8(2-3-11(9)15)20(18,19)17-12-4-1-7(16)5-10(12)14/h1-6,17H. The minimum atomic E-state index is -3.78. The van der Waals surface area contributed by atoms with E-state index in [0.717, 1.165) is 0 Å². The van der Waals surface area contributed by atoms with Crippen LogP contribution in [0.2, 0.25) is 5.02 Å². The van der Waals surface area contributed by atoms with Gasteiger partial charge in [0.1, 0.15) is 5.82 Å². The highest BCUT2D eigenvalue weighted by molar-refractivity contribution is 9.11. The van der Waals surface area contributed by atoms with Crippen LogP contribution in [0.5, 0.6) is 0 Å². The first-order valence-electron chi connectivity index (χ1n) is 5.22. The van der Waals surface area contributed by atoms with Crippen molar-refractivity contribution in [1.82, 2.24) is 0 Å². The zero-order valence-electron chi connectivity index (χ0n) is 9.70. The summed E-state index contributed by atoms with van der Waals surface area (Å²) < 4.78 is 40.6. The van der Waals surface area contributed by atoms with E-state index in [-0.39, 0.29) is 10.6 Å².